The number of anilines is 1. The summed E-state index contributed by atoms with van der Waals surface area (Å²) in [6.45, 7) is 4.73. The fourth-order valence-electron chi connectivity index (χ4n) is 1.46. The second-order valence-corrected chi connectivity index (χ2v) is 3.65. The predicted octanol–water partition coefficient (Wildman–Crippen LogP) is 2.10. The lowest BCUT2D eigenvalue weighted by Gasteiger charge is -2.08. The molecule has 0 saturated carbocycles. The molecule has 0 aromatic carbocycles. The van der Waals surface area contributed by atoms with Crippen LogP contribution in [0.2, 0.25) is 0 Å². The first-order chi connectivity index (χ1) is 7.77. The molecule has 4 heteroatoms. The Morgan fingerprint density at radius 3 is 2.69 bits per heavy atom. The number of nitrogens with zero attached hydrogens (tertiary/aromatic N) is 3. The molecule has 16 heavy (non-hydrogen) atoms. The van der Waals surface area contributed by atoms with Crippen molar-refractivity contribution in [3.05, 3.63) is 47.7 Å². The van der Waals surface area contributed by atoms with Gasteiger partial charge in [-0.05, 0) is 31.0 Å². The zero-order chi connectivity index (χ0) is 11.4. The molecular weight excluding hydrogens is 200 g/mol. The average molecular weight is 214 g/mol. The highest BCUT2D eigenvalue weighted by atomic mass is 15.0. The third-order valence-electron chi connectivity index (χ3n) is 2.46. The number of hydrogen-bond acceptors (Lipinski definition) is 4. The SMILES string of the molecule is Cc1cnccc1CNc1nccnc1C. The molecule has 0 aliphatic heterocycles. The summed E-state index contributed by atoms with van der Waals surface area (Å²) in [4.78, 5) is 12.5. The van der Waals surface area contributed by atoms with E-state index in [1.54, 1.807) is 18.6 Å². The van der Waals surface area contributed by atoms with Crippen molar-refractivity contribution in [2.75, 3.05) is 5.32 Å². The molecule has 0 aliphatic carbocycles. The Bertz CT molecular complexity index is 436. The van der Waals surface area contributed by atoms with Crippen molar-refractivity contribution in [2.24, 2.45) is 0 Å². The summed E-state index contributed by atoms with van der Waals surface area (Å²) in [6, 6.07) is 2.01. The van der Waals surface area contributed by atoms with E-state index >= 15 is 0 Å². The van der Waals surface area contributed by atoms with E-state index in [0.29, 0.717) is 0 Å². The van der Waals surface area contributed by atoms with Crippen LogP contribution in [-0.2, 0) is 6.54 Å². The van der Waals surface area contributed by atoms with Gasteiger partial charge >= 0.3 is 0 Å². The van der Waals surface area contributed by atoms with E-state index in [1.165, 1.54) is 11.1 Å². The zero-order valence-electron chi connectivity index (χ0n) is 9.44. The molecule has 0 fully saturated rings. The summed E-state index contributed by atoms with van der Waals surface area (Å²) in [5.41, 5.74) is 3.31. The number of aryl methyl sites for hydroxylation is 2. The Balaban J connectivity index is 2.09. The maximum Gasteiger partial charge on any atom is 0.147 e. The van der Waals surface area contributed by atoms with Crippen LogP contribution in [0.15, 0.2) is 30.9 Å². The lowest BCUT2D eigenvalue weighted by Crippen LogP contribution is -2.05. The van der Waals surface area contributed by atoms with Gasteiger partial charge in [-0.15, -0.1) is 0 Å². The number of rotatable bonds is 3. The van der Waals surface area contributed by atoms with Crippen molar-refractivity contribution in [2.45, 2.75) is 20.4 Å². The van der Waals surface area contributed by atoms with Crippen molar-refractivity contribution in [3.63, 3.8) is 0 Å². The summed E-state index contributed by atoms with van der Waals surface area (Å²) in [5, 5.41) is 3.27. The standard InChI is InChI=1S/C12H14N4/c1-9-7-13-4-3-11(9)8-16-12-10(2)14-5-6-15-12/h3-7H,8H2,1-2H3,(H,15,16). The van der Waals surface area contributed by atoms with Crippen LogP contribution in [0.4, 0.5) is 5.82 Å². The predicted molar refractivity (Wildman–Crippen MR) is 63.1 cm³/mol. The molecule has 2 aromatic rings. The summed E-state index contributed by atoms with van der Waals surface area (Å²) in [6.07, 6.45) is 7.04. The highest BCUT2D eigenvalue weighted by molar-refractivity contribution is 5.39. The van der Waals surface area contributed by atoms with E-state index in [0.717, 1.165) is 18.1 Å². The normalized spacial score (nSPS) is 10.1. The smallest absolute Gasteiger partial charge is 0.147 e. The molecule has 2 aromatic heterocycles. The van der Waals surface area contributed by atoms with Gasteiger partial charge in [0.05, 0.1) is 5.69 Å². The summed E-state index contributed by atoms with van der Waals surface area (Å²) in [5.74, 6) is 0.832. The fraction of sp³-hybridized carbons (Fsp3) is 0.250. The first kappa shape index (κ1) is 10.5. The van der Waals surface area contributed by atoms with Crippen molar-refractivity contribution >= 4 is 5.82 Å². The van der Waals surface area contributed by atoms with Gasteiger partial charge in [0.25, 0.3) is 0 Å². The molecule has 2 rings (SSSR count). The van der Waals surface area contributed by atoms with Crippen molar-refractivity contribution < 1.29 is 0 Å². The van der Waals surface area contributed by atoms with Gasteiger partial charge in [0.1, 0.15) is 5.82 Å². The first-order valence-electron chi connectivity index (χ1n) is 5.18. The highest BCUT2D eigenvalue weighted by Crippen LogP contribution is 2.10. The van der Waals surface area contributed by atoms with E-state index in [1.807, 2.05) is 26.1 Å². The second kappa shape index (κ2) is 4.70. The van der Waals surface area contributed by atoms with Crippen molar-refractivity contribution in [1.29, 1.82) is 0 Å². The van der Waals surface area contributed by atoms with Gasteiger partial charge in [0, 0.05) is 31.3 Å². The van der Waals surface area contributed by atoms with Crippen LogP contribution in [0.1, 0.15) is 16.8 Å². The van der Waals surface area contributed by atoms with Gasteiger partial charge < -0.3 is 5.32 Å². The van der Waals surface area contributed by atoms with E-state index in [9.17, 15) is 0 Å². The second-order valence-electron chi connectivity index (χ2n) is 3.65. The highest BCUT2D eigenvalue weighted by Gasteiger charge is 2.01. The Kier molecular flexibility index (Phi) is 3.10. The van der Waals surface area contributed by atoms with Crippen molar-refractivity contribution in [1.82, 2.24) is 15.0 Å². The minimum atomic E-state index is 0.744. The third-order valence-corrected chi connectivity index (χ3v) is 2.46. The van der Waals surface area contributed by atoms with Crippen LogP contribution in [0.5, 0.6) is 0 Å². The molecule has 0 amide bonds. The topological polar surface area (TPSA) is 50.7 Å². The molecule has 0 saturated heterocycles. The van der Waals surface area contributed by atoms with Gasteiger partial charge in [0.15, 0.2) is 0 Å². The summed E-state index contributed by atoms with van der Waals surface area (Å²) in [7, 11) is 0. The van der Waals surface area contributed by atoms with Gasteiger partial charge in [-0.2, -0.15) is 0 Å². The van der Waals surface area contributed by atoms with Crippen LogP contribution in [0.25, 0.3) is 0 Å². The van der Waals surface area contributed by atoms with Crippen molar-refractivity contribution in [3.8, 4) is 0 Å². The largest absolute Gasteiger partial charge is 0.364 e. The number of hydrogen-bond donors (Lipinski definition) is 1. The monoisotopic (exact) mass is 214 g/mol. The summed E-state index contributed by atoms with van der Waals surface area (Å²) >= 11 is 0. The molecule has 0 unspecified atom stereocenters. The van der Waals surface area contributed by atoms with Crippen LogP contribution >= 0.6 is 0 Å². The minimum absolute atomic E-state index is 0.744. The number of aromatic nitrogens is 3. The van der Waals surface area contributed by atoms with E-state index < -0.39 is 0 Å². The van der Waals surface area contributed by atoms with Gasteiger partial charge in [-0.3, -0.25) is 9.97 Å². The van der Waals surface area contributed by atoms with E-state index in [2.05, 4.69) is 20.3 Å². The molecule has 0 bridgehead atoms. The zero-order valence-corrected chi connectivity index (χ0v) is 9.44. The molecular formula is C12H14N4. The first-order valence-corrected chi connectivity index (χ1v) is 5.18. The van der Waals surface area contributed by atoms with Gasteiger partial charge in [-0.1, -0.05) is 0 Å². The molecule has 82 valence electrons. The number of nitrogens with one attached hydrogen (secondary N) is 1. The molecule has 4 nitrogen and oxygen atoms in total. The molecule has 0 spiro atoms. The molecule has 1 N–H and O–H groups in total. The molecule has 0 aliphatic rings. The summed E-state index contributed by atoms with van der Waals surface area (Å²) < 4.78 is 0. The van der Waals surface area contributed by atoms with Gasteiger partial charge in [-0.25, -0.2) is 4.98 Å². The third kappa shape index (κ3) is 2.34. The molecule has 0 atom stereocenters. The quantitative estimate of drug-likeness (QED) is 0.850. The molecule has 0 radical (unpaired) electrons. The van der Waals surface area contributed by atoms with Gasteiger partial charge in [0.2, 0.25) is 0 Å². The Hall–Kier alpha value is -1.97. The molecule has 2 heterocycles. The minimum Gasteiger partial charge on any atom is -0.364 e. The van der Waals surface area contributed by atoms with Crippen LogP contribution in [0, 0.1) is 13.8 Å². The fourth-order valence-corrected chi connectivity index (χ4v) is 1.46. The van der Waals surface area contributed by atoms with Crippen LogP contribution in [-0.4, -0.2) is 15.0 Å². The Morgan fingerprint density at radius 1 is 1.12 bits per heavy atom. The van der Waals surface area contributed by atoms with Crippen LogP contribution in [0.3, 0.4) is 0 Å². The number of pyridine rings is 1. The maximum absolute atomic E-state index is 4.23. The lowest BCUT2D eigenvalue weighted by molar-refractivity contribution is 1.03. The lowest BCUT2D eigenvalue weighted by atomic mass is 10.1. The maximum atomic E-state index is 4.23. The van der Waals surface area contributed by atoms with Crippen LogP contribution < -0.4 is 5.32 Å². The average Bonchev–Trinajstić information content (AvgIpc) is 2.30. The van der Waals surface area contributed by atoms with E-state index in [4.69, 9.17) is 0 Å². The Morgan fingerprint density at radius 2 is 1.94 bits per heavy atom. The van der Waals surface area contributed by atoms with E-state index in [-0.39, 0.29) is 0 Å². The Labute approximate surface area is 94.8 Å².